The highest BCUT2D eigenvalue weighted by atomic mass is 16.3. The lowest BCUT2D eigenvalue weighted by Gasteiger charge is -2.32. The topological polar surface area (TPSA) is 80.4 Å². The molecule has 0 bridgehead atoms. The third-order valence-electron chi connectivity index (χ3n) is 6.02. The van der Waals surface area contributed by atoms with Crippen molar-refractivity contribution in [3.05, 3.63) is 51.9 Å². The van der Waals surface area contributed by atoms with Crippen LogP contribution in [0.15, 0.2) is 35.3 Å². The minimum absolute atomic E-state index is 0.0200. The van der Waals surface area contributed by atoms with Crippen LogP contribution in [0.1, 0.15) is 30.9 Å². The summed E-state index contributed by atoms with van der Waals surface area (Å²) in [5, 5.41) is 9.53. The summed E-state index contributed by atoms with van der Waals surface area (Å²) in [4.78, 5) is 30.9. The van der Waals surface area contributed by atoms with Gasteiger partial charge >= 0.3 is 0 Å². The van der Waals surface area contributed by atoms with Gasteiger partial charge in [0.25, 0.3) is 5.56 Å². The van der Waals surface area contributed by atoms with Crippen molar-refractivity contribution in [3.8, 4) is 11.4 Å². The van der Waals surface area contributed by atoms with Gasteiger partial charge in [-0.25, -0.2) is 4.98 Å². The maximum absolute atomic E-state index is 12.2. The fourth-order valence-electron chi connectivity index (χ4n) is 4.44. The third kappa shape index (κ3) is 3.77. The molecule has 1 aliphatic rings. The van der Waals surface area contributed by atoms with E-state index in [4.69, 9.17) is 4.98 Å². The predicted molar refractivity (Wildman–Crippen MR) is 116 cm³/mol. The zero-order valence-electron chi connectivity index (χ0n) is 17.8. The largest absolute Gasteiger partial charge is 0.392 e. The number of pyridine rings is 1. The summed E-state index contributed by atoms with van der Waals surface area (Å²) < 4.78 is 3.79. The molecule has 7 heteroatoms. The molecular weight excluding hydrogens is 380 g/mol. The molecule has 4 rings (SSSR count). The van der Waals surface area contributed by atoms with E-state index in [1.807, 2.05) is 42.3 Å². The summed E-state index contributed by atoms with van der Waals surface area (Å²) in [5.41, 5.74) is 4.17. The van der Waals surface area contributed by atoms with Crippen LogP contribution in [0.5, 0.6) is 0 Å². The first-order chi connectivity index (χ1) is 14.4. The van der Waals surface area contributed by atoms with Gasteiger partial charge in [0, 0.05) is 50.9 Å². The number of rotatable bonds is 4. The summed E-state index contributed by atoms with van der Waals surface area (Å²) in [6.07, 6.45) is 3.88. The smallest absolute Gasteiger partial charge is 0.253 e. The van der Waals surface area contributed by atoms with Gasteiger partial charge in [0.2, 0.25) is 5.91 Å². The van der Waals surface area contributed by atoms with Gasteiger partial charge in [-0.1, -0.05) is 6.07 Å². The van der Waals surface area contributed by atoms with E-state index in [1.54, 1.807) is 18.5 Å². The maximum Gasteiger partial charge on any atom is 0.253 e. The molecule has 0 radical (unpaired) electrons. The van der Waals surface area contributed by atoms with E-state index >= 15 is 0 Å². The van der Waals surface area contributed by atoms with E-state index in [0.29, 0.717) is 11.5 Å². The average Bonchev–Trinajstić information content (AvgIpc) is 3.09. The van der Waals surface area contributed by atoms with Gasteiger partial charge in [0.15, 0.2) is 0 Å². The Hall–Kier alpha value is -2.93. The molecule has 2 aromatic heterocycles. The van der Waals surface area contributed by atoms with Crippen molar-refractivity contribution in [1.29, 1.82) is 0 Å². The van der Waals surface area contributed by atoms with Gasteiger partial charge in [0.1, 0.15) is 5.82 Å². The van der Waals surface area contributed by atoms with Gasteiger partial charge in [-0.05, 0) is 49.4 Å². The quantitative estimate of drug-likeness (QED) is 0.719. The molecule has 1 amide bonds. The summed E-state index contributed by atoms with van der Waals surface area (Å²) in [7, 11) is 1.75. The molecule has 3 aromatic rings. The Morgan fingerprint density at radius 3 is 2.80 bits per heavy atom. The van der Waals surface area contributed by atoms with Gasteiger partial charge < -0.3 is 19.1 Å². The summed E-state index contributed by atoms with van der Waals surface area (Å²) in [6, 6.07) is 7.71. The third-order valence-corrected chi connectivity index (χ3v) is 6.02. The van der Waals surface area contributed by atoms with Crippen molar-refractivity contribution in [2.24, 2.45) is 13.0 Å². The van der Waals surface area contributed by atoms with Crippen LogP contribution in [-0.4, -0.2) is 43.1 Å². The first kappa shape index (κ1) is 20.3. The number of fused-ring (bicyclic) bond motifs is 1. The van der Waals surface area contributed by atoms with E-state index in [2.05, 4.69) is 4.57 Å². The predicted octanol–water partition coefficient (Wildman–Crippen LogP) is 2.46. The molecule has 0 saturated carbocycles. The molecule has 7 nitrogen and oxygen atoms in total. The van der Waals surface area contributed by atoms with E-state index < -0.39 is 0 Å². The van der Waals surface area contributed by atoms with E-state index in [1.165, 1.54) is 0 Å². The number of piperidine rings is 1. The highest BCUT2D eigenvalue weighted by molar-refractivity contribution is 5.81. The first-order valence-corrected chi connectivity index (χ1v) is 10.4. The Balaban J connectivity index is 1.81. The Bertz CT molecular complexity index is 1130. The van der Waals surface area contributed by atoms with Gasteiger partial charge in [0.05, 0.1) is 17.6 Å². The lowest BCUT2D eigenvalue weighted by atomic mass is 9.97. The highest BCUT2D eigenvalue weighted by Gasteiger charge is 2.24. The number of benzene rings is 1. The van der Waals surface area contributed by atoms with Crippen molar-refractivity contribution >= 4 is 16.9 Å². The van der Waals surface area contributed by atoms with Gasteiger partial charge in [-0.3, -0.25) is 9.59 Å². The molecule has 1 unspecified atom stereocenters. The zero-order valence-corrected chi connectivity index (χ0v) is 17.8. The summed E-state index contributed by atoms with van der Waals surface area (Å²) >= 11 is 0. The number of hydrogen-bond donors (Lipinski definition) is 1. The summed E-state index contributed by atoms with van der Waals surface area (Å²) in [6.45, 7) is 5.72. The molecule has 30 heavy (non-hydrogen) atoms. The monoisotopic (exact) mass is 408 g/mol. The standard InChI is InChI=1S/C23H28N4O3/c1-15-9-19(13-25(3)23(15)30)22-24-20-10-17(14-28)6-7-21(20)27(22)12-18-5-4-8-26(11-18)16(2)29/h6-7,9-10,13,18,28H,4-5,8,11-12,14H2,1-3H3. The fraction of sp³-hybridized carbons (Fsp3) is 0.435. The van der Waals surface area contributed by atoms with E-state index in [0.717, 1.165) is 60.5 Å². The molecule has 1 N–H and O–H groups in total. The second kappa shape index (κ2) is 8.07. The Labute approximate surface area is 175 Å². The van der Waals surface area contributed by atoms with Crippen LogP contribution in [0, 0.1) is 12.8 Å². The number of likely N-dealkylation sites (tertiary alicyclic amines) is 1. The fourth-order valence-corrected chi connectivity index (χ4v) is 4.44. The molecule has 1 atom stereocenters. The van der Waals surface area contributed by atoms with Crippen LogP contribution in [0.2, 0.25) is 0 Å². The highest BCUT2D eigenvalue weighted by Crippen LogP contribution is 2.29. The lowest BCUT2D eigenvalue weighted by Crippen LogP contribution is -2.39. The number of carbonyl (C=O) groups is 1. The van der Waals surface area contributed by atoms with Crippen molar-refractivity contribution in [3.63, 3.8) is 0 Å². The number of aliphatic hydroxyl groups is 1. The van der Waals surface area contributed by atoms with Gasteiger partial charge in [-0.15, -0.1) is 0 Å². The molecule has 1 fully saturated rings. The molecule has 0 aliphatic carbocycles. The van der Waals surface area contributed by atoms with Crippen molar-refractivity contribution < 1.29 is 9.90 Å². The van der Waals surface area contributed by atoms with Crippen LogP contribution < -0.4 is 5.56 Å². The van der Waals surface area contributed by atoms with E-state index in [9.17, 15) is 14.7 Å². The number of aryl methyl sites for hydroxylation is 2. The second-order valence-electron chi connectivity index (χ2n) is 8.33. The zero-order chi connectivity index (χ0) is 21.4. The number of amides is 1. The SMILES string of the molecule is CC(=O)N1CCCC(Cn2c(-c3cc(C)c(=O)n(C)c3)nc3cc(CO)ccc32)C1. The number of nitrogens with zero attached hydrogens (tertiary/aromatic N) is 4. The minimum atomic E-state index is -0.0344. The van der Waals surface area contributed by atoms with Crippen LogP contribution in [0.25, 0.3) is 22.4 Å². The number of imidazole rings is 1. The number of carbonyl (C=O) groups excluding carboxylic acids is 1. The molecule has 3 heterocycles. The molecule has 158 valence electrons. The van der Waals surface area contributed by atoms with Gasteiger partial charge in [-0.2, -0.15) is 0 Å². The molecular formula is C23H28N4O3. The lowest BCUT2D eigenvalue weighted by molar-refractivity contribution is -0.130. The number of aliphatic hydroxyl groups excluding tert-OH is 1. The Kier molecular flexibility index (Phi) is 5.47. The second-order valence-corrected chi connectivity index (χ2v) is 8.33. The molecule has 0 spiro atoms. The van der Waals surface area contributed by atoms with Crippen molar-refractivity contribution in [1.82, 2.24) is 19.0 Å². The van der Waals surface area contributed by atoms with E-state index in [-0.39, 0.29) is 18.1 Å². The Morgan fingerprint density at radius 1 is 1.30 bits per heavy atom. The normalized spacial score (nSPS) is 16.9. The number of hydrogen-bond acceptors (Lipinski definition) is 4. The van der Waals surface area contributed by atoms with Crippen molar-refractivity contribution in [2.75, 3.05) is 13.1 Å². The number of aromatic nitrogens is 3. The molecule has 1 aromatic carbocycles. The maximum atomic E-state index is 12.2. The van der Waals surface area contributed by atoms with Crippen LogP contribution in [0.4, 0.5) is 0 Å². The molecule has 1 aliphatic heterocycles. The Morgan fingerprint density at radius 2 is 2.10 bits per heavy atom. The minimum Gasteiger partial charge on any atom is -0.392 e. The van der Waals surface area contributed by atoms with Crippen molar-refractivity contribution in [2.45, 2.75) is 39.8 Å². The molecule has 1 saturated heterocycles. The first-order valence-electron chi connectivity index (χ1n) is 10.4. The summed E-state index contributed by atoms with van der Waals surface area (Å²) in [5.74, 6) is 1.26. The van der Waals surface area contributed by atoms with Crippen LogP contribution >= 0.6 is 0 Å². The average molecular weight is 409 g/mol. The van der Waals surface area contributed by atoms with Crippen LogP contribution in [0.3, 0.4) is 0 Å². The van der Waals surface area contributed by atoms with Crippen LogP contribution in [-0.2, 0) is 25.0 Å².